The summed E-state index contributed by atoms with van der Waals surface area (Å²) in [6, 6.07) is 8.58. The maximum Gasteiger partial charge on any atom is 0.122 e. The first-order valence-electron chi connectivity index (χ1n) is 6.76. The third-order valence-electron chi connectivity index (χ3n) is 5.02. The Morgan fingerprint density at radius 2 is 2.12 bits per heavy atom. The van der Waals surface area contributed by atoms with E-state index in [-0.39, 0.29) is 0 Å². The number of fused-ring (bicyclic) bond motifs is 6. The number of para-hydroxylation sites is 1. The van der Waals surface area contributed by atoms with Crippen LogP contribution in [0.15, 0.2) is 35.9 Å². The average Bonchev–Trinajstić information content (AvgIpc) is 2.94. The fourth-order valence-corrected chi connectivity index (χ4v) is 4.23. The molecule has 2 bridgehead atoms. The summed E-state index contributed by atoms with van der Waals surface area (Å²) in [5.74, 6) is 3.50. The van der Waals surface area contributed by atoms with Crippen molar-refractivity contribution in [2.24, 2.45) is 17.8 Å². The van der Waals surface area contributed by atoms with Crippen molar-refractivity contribution in [1.82, 2.24) is 0 Å². The van der Waals surface area contributed by atoms with Crippen LogP contribution in [0.2, 0.25) is 0 Å². The Hall–Kier alpha value is -1.24. The van der Waals surface area contributed by atoms with Gasteiger partial charge in [0, 0.05) is 11.8 Å². The first kappa shape index (κ1) is 9.76. The Morgan fingerprint density at radius 1 is 1.24 bits per heavy atom. The van der Waals surface area contributed by atoms with E-state index in [1.165, 1.54) is 24.8 Å². The standard InChI is InChI=1S/C16H18O/c1-2-10-7-12-9-13(10)16-14(12)8-11-5-3-4-6-15(11)17-16/h2-6,12-14,16H,7-9H2,1H3/b10-2+. The summed E-state index contributed by atoms with van der Waals surface area (Å²) in [6.45, 7) is 2.18. The molecule has 2 aliphatic carbocycles. The second-order valence-electron chi connectivity index (χ2n) is 5.73. The first-order valence-corrected chi connectivity index (χ1v) is 6.76. The van der Waals surface area contributed by atoms with Crippen LogP contribution < -0.4 is 4.74 Å². The van der Waals surface area contributed by atoms with Crippen LogP contribution >= 0.6 is 0 Å². The SMILES string of the molecule is C/C=C1\CC2CC1C1Oc3ccccc3CC21. The molecule has 0 spiro atoms. The number of benzene rings is 1. The van der Waals surface area contributed by atoms with Gasteiger partial charge in [0.2, 0.25) is 0 Å². The highest BCUT2D eigenvalue weighted by Gasteiger charge is 2.52. The lowest BCUT2D eigenvalue weighted by molar-refractivity contribution is 0.0846. The molecule has 0 radical (unpaired) electrons. The van der Waals surface area contributed by atoms with Crippen LogP contribution in [0.25, 0.3) is 0 Å². The Labute approximate surface area is 102 Å². The van der Waals surface area contributed by atoms with Crippen molar-refractivity contribution in [3.05, 3.63) is 41.5 Å². The molecular weight excluding hydrogens is 208 g/mol. The molecule has 3 aliphatic rings. The third kappa shape index (κ3) is 1.25. The van der Waals surface area contributed by atoms with Gasteiger partial charge in [0.1, 0.15) is 11.9 Å². The number of hydrogen-bond donors (Lipinski definition) is 0. The molecule has 1 heteroatoms. The van der Waals surface area contributed by atoms with Gasteiger partial charge in [0.25, 0.3) is 0 Å². The van der Waals surface area contributed by atoms with E-state index in [4.69, 9.17) is 4.74 Å². The lowest BCUT2D eigenvalue weighted by Crippen LogP contribution is -2.38. The summed E-state index contributed by atoms with van der Waals surface area (Å²) in [7, 11) is 0. The van der Waals surface area contributed by atoms with Crippen LogP contribution in [-0.4, -0.2) is 6.10 Å². The van der Waals surface area contributed by atoms with Gasteiger partial charge in [-0.15, -0.1) is 0 Å². The summed E-state index contributed by atoms with van der Waals surface area (Å²) in [4.78, 5) is 0. The quantitative estimate of drug-likeness (QED) is 0.614. The van der Waals surface area contributed by atoms with Crippen molar-refractivity contribution >= 4 is 0 Å². The van der Waals surface area contributed by atoms with E-state index in [0.717, 1.165) is 17.6 Å². The van der Waals surface area contributed by atoms with E-state index in [2.05, 4.69) is 37.3 Å². The second-order valence-corrected chi connectivity index (χ2v) is 5.73. The second kappa shape index (κ2) is 3.38. The third-order valence-corrected chi connectivity index (χ3v) is 5.02. The van der Waals surface area contributed by atoms with E-state index in [1.54, 1.807) is 5.57 Å². The molecule has 0 aromatic heterocycles. The summed E-state index contributed by atoms with van der Waals surface area (Å²) in [5.41, 5.74) is 3.07. The van der Waals surface area contributed by atoms with E-state index >= 15 is 0 Å². The van der Waals surface area contributed by atoms with Crippen LogP contribution in [-0.2, 0) is 6.42 Å². The molecule has 88 valence electrons. The smallest absolute Gasteiger partial charge is 0.122 e. The summed E-state index contributed by atoms with van der Waals surface area (Å²) < 4.78 is 6.28. The van der Waals surface area contributed by atoms with Gasteiger partial charge in [-0.1, -0.05) is 29.8 Å². The van der Waals surface area contributed by atoms with Crippen LogP contribution in [0.3, 0.4) is 0 Å². The molecule has 4 rings (SSSR count). The predicted molar refractivity (Wildman–Crippen MR) is 68.0 cm³/mol. The predicted octanol–water partition coefficient (Wildman–Crippen LogP) is 3.59. The van der Waals surface area contributed by atoms with Gasteiger partial charge in [0.15, 0.2) is 0 Å². The van der Waals surface area contributed by atoms with Crippen molar-refractivity contribution in [3.63, 3.8) is 0 Å². The molecule has 1 aliphatic heterocycles. The Bertz CT molecular complexity index is 488. The molecule has 2 fully saturated rings. The highest BCUT2D eigenvalue weighted by Crippen LogP contribution is 2.55. The van der Waals surface area contributed by atoms with Crippen LogP contribution in [0.1, 0.15) is 25.3 Å². The van der Waals surface area contributed by atoms with Crippen molar-refractivity contribution in [1.29, 1.82) is 0 Å². The molecule has 2 saturated carbocycles. The topological polar surface area (TPSA) is 9.23 Å². The summed E-state index contributed by atoms with van der Waals surface area (Å²) in [6.07, 6.45) is 6.72. The van der Waals surface area contributed by atoms with Gasteiger partial charge in [-0.2, -0.15) is 0 Å². The Morgan fingerprint density at radius 3 is 3.00 bits per heavy atom. The number of allylic oxidation sites excluding steroid dienone is 1. The molecule has 1 nitrogen and oxygen atoms in total. The molecule has 0 saturated heterocycles. The molecule has 4 unspecified atom stereocenters. The molecule has 4 atom stereocenters. The van der Waals surface area contributed by atoms with Gasteiger partial charge in [-0.05, 0) is 43.7 Å². The van der Waals surface area contributed by atoms with E-state index < -0.39 is 0 Å². The normalized spacial score (nSPS) is 39.9. The zero-order chi connectivity index (χ0) is 11.4. The molecule has 1 heterocycles. The van der Waals surface area contributed by atoms with Crippen molar-refractivity contribution in [3.8, 4) is 5.75 Å². The van der Waals surface area contributed by atoms with Crippen LogP contribution in [0.5, 0.6) is 5.75 Å². The Balaban J connectivity index is 1.72. The summed E-state index contributed by atoms with van der Waals surface area (Å²) >= 11 is 0. The van der Waals surface area contributed by atoms with Gasteiger partial charge >= 0.3 is 0 Å². The highest BCUT2D eigenvalue weighted by molar-refractivity contribution is 5.38. The summed E-state index contributed by atoms with van der Waals surface area (Å²) in [5, 5.41) is 0. The van der Waals surface area contributed by atoms with Gasteiger partial charge in [-0.25, -0.2) is 0 Å². The molecule has 1 aromatic rings. The monoisotopic (exact) mass is 226 g/mol. The van der Waals surface area contributed by atoms with Crippen molar-refractivity contribution < 1.29 is 4.74 Å². The largest absolute Gasteiger partial charge is 0.489 e. The first-order chi connectivity index (χ1) is 8.36. The van der Waals surface area contributed by atoms with E-state index in [1.807, 2.05) is 0 Å². The fraction of sp³-hybridized carbons (Fsp3) is 0.500. The van der Waals surface area contributed by atoms with E-state index in [9.17, 15) is 0 Å². The molecule has 0 N–H and O–H groups in total. The van der Waals surface area contributed by atoms with Crippen molar-refractivity contribution in [2.45, 2.75) is 32.3 Å². The van der Waals surface area contributed by atoms with Crippen molar-refractivity contribution in [2.75, 3.05) is 0 Å². The number of rotatable bonds is 0. The number of hydrogen-bond acceptors (Lipinski definition) is 1. The zero-order valence-corrected chi connectivity index (χ0v) is 10.2. The molecule has 1 aromatic carbocycles. The lowest BCUT2D eigenvalue weighted by atomic mass is 9.78. The maximum absolute atomic E-state index is 6.28. The fourth-order valence-electron chi connectivity index (χ4n) is 4.23. The molecule has 17 heavy (non-hydrogen) atoms. The van der Waals surface area contributed by atoms with Crippen LogP contribution in [0.4, 0.5) is 0 Å². The van der Waals surface area contributed by atoms with Gasteiger partial charge in [-0.3, -0.25) is 0 Å². The minimum atomic E-state index is 0.467. The Kier molecular flexibility index (Phi) is 1.94. The van der Waals surface area contributed by atoms with E-state index in [0.29, 0.717) is 12.0 Å². The zero-order valence-electron chi connectivity index (χ0n) is 10.2. The molecule has 0 amide bonds. The van der Waals surface area contributed by atoms with Crippen LogP contribution in [0, 0.1) is 17.8 Å². The number of ether oxygens (including phenoxy) is 1. The van der Waals surface area contributed by atoms with Gasteiger partial charge < -0.3 is 4.74 Å². The maximum atomic E-state index is 6.28. The molecular formula is C16H18O. The minimum Gasteiger partial charge on any atom is -0.489 e. The average molecular weight is 226 g/mol. The van der Waals surface area contributed by atoms with Gasteiger partial charge in [0.05, 0.1) is 0 Å². The minimum absolute atomic E-state index is 0.467. The lowest BCUT2D eigenvalue weighted by Gasteiger charge is -2.37. The highest BCUT2D eigenvalue weighted by atomic mass is 16.5.